The zero-order valence-electron chi connectivity index (χ0n) is 27.9. The molecule has 0 bridgehead atoms. The molecule has 49 heavy (non-hydrogen) atoms. The molecule has 0 aliphatic carbocycles. The van der Waals surface area contributed by atoms with E-state index in [1.165, 1.54) is 48.5 Å². The van der Waals surface area contributed by atoms with Gasteiger partial charge in [0.2, 0.25) is 11.1 Å². The topological polar surface area (TPSA) is 218 Å². The van der Waals surface area contributed by atoms with Crippen molar-refractivity contribution in [2.24, 2.45) is 5.73 Å². The Labute approximate surface area is 283 Å². The van der Waals surface area contributed by atoms with Crippen LogP contribution in [0.5, 0.6) is 11.5 Å². The third-order valence-electron chi connectivity index (χ3n) is 7.28. The number of nitrogens with one attached hydrogen (secondary N) is 5. The van der Waals surface area contributed by atoms with Gasteiger partial charge in [-0.1, -0.05) is 38.8 Å². The predicted molar refractivity (Wildman–Crippen MR) is 183 cm³/mol. The maximum atomic E-state index is 13.5. The van der Waals surface area contributed by atoms with Gasteiger partial charge < -0.3 is 41.1 Å². The van der Waals surface area contributed by atoms with E-state index in [0.717, 1.165) is 25.7 Å². The Kier molecular flexibility index (Phi) is 15.5. The number of H-pyrrole nitrogens is 2. The molecule has 0 saturated heterocycles. The summed E-state index contributed by atoms with van der Waals surface area (Å²) in [6.45, 7) is 6.21. The van der Waals surface area contributed by atoms with Crippen molar-refractivity contribution < 1.29 is 28.7 Å². The van der Waals surface area contributed by atoms with E-state index in [9.17, 15) is 28.8 Å². The maximum Gasteiger partial charge on any atom is 0.267 e. The Hall–Kier alpha value is -5.44. The number of hydrogen-bond acceptors (Lipinski definition) is 9. The zero-order valence-corrected chi connectivity index (χ0v) is 27.9. The molecule has 7 N–H and O–H groups in total. The fourth-order valence-corrected chi connectivity index (χ4v) is 4.62. The Morgan fingerprint density at radius 1 is 0.653 bits per heavy atom. The smallest absolute Gasteiger partial charge is 0.267 e. The van der Waals surface area contributed by atoms with Gasteiger partial charge in [-0.3, -0.25) is 33.7 Å². The highest BCUT2D eigenvalue weighted by Crippen LogP contribution is 2.36. The molecule has 3 aromatic rings. The van der Waals surface area contributed by atoms with Gasteiger partial charge in [0.15, 0.2) is 11.5 Å². The van der Waals surface area contributed by atoms with Crippen LogP contribution in [0.3, 0.4) is 0 Å². The number of nitrogens with zero attached hydrogens (tertiary/aromatic N) is 1. The predicted octanol–water partition coefficient (Wildman–Crippen LogP) is 1.41. The van der Waals surface area contributed by atoms with Crippen molar-refractivity contribution in [3.63, 3.8) is 0 Å². The standard InChI is InChI=1S/C34H45N7O8/c1-3-5-21-48-29-23(31(35)44)13-14-24(30(29)49-22-6-4-2)32(45)36-15-18-41(19-16-37-33(46)25-9-7-11-27(42)39-25)20-17-38-34(47)26-10-8-12-28(43)40-26/h7-14H,3-6,15-22H2,1-2H3,(H2,35,44)(H,36,45)(H,37,46)(H,38,47)(H,39,42)(H,40,43). The largest absolute Gasteiger partial charge is 0.489 e. The molecule has 0 saturated carbocycles. The molecule has 15 heteroatoms. The summed E-state index contributed by atoms with van der Waals surface area (Å²) in [5.74, 6) is -1.79. The normalized spacial score (nSPS) is 10.8. The first-order chi connectivity index (χ1) is 23.6. The molecule has 1 aromatic carbocycles. The van der Waals surface area contributed by atoms with Crippen LogP contribution in [-0.2, 0) is 0 Å². The maximum absolute atomic E-state index is 13.5. The molecule has 3 rings (SSSR count). The summed E-state index contributed by atoms with van der Waals surface area (Å²) >= 11 is 0. The van der Waals surface area contributed by atoms with E-state index in [0.29, 0.717) is 32.8 Å². The van der Waals surface area contributed by atoms with Gasteiger partial charge >= 0.3 is 0 Å². The van der Waals surface area contributed by atoms with Crippen LogP contribution in [0, 0.1) is 0 Å². The van der Waals surface area contributed by atoms with Crippen LogP contribution in [0.15, 0.2) is 58.1 Å². The van der Waals surface area contributed by atoms with E-state index in [4.69, 9.17) is 15.2 Å². The van der Waals surface area contributed by atoms with Crippen molar-refractivity contribution >= 4 is 23.6 Å². The summed E-state index contributed by atoms with van der Waals surface area (Å²) in [5.41, 5.74) is 5.36. The molecular weight excluding hydrogens is 634 g/mol. The highest BCUT2D eigenvalue weighted by molar-refractivity contribution is 6.02. The molecule has 0 fully saturated rings. The number of ether oxygens (including phenoxy) is 2. The molecule has 0 radical (unpaired) electrons. The number of amides is 4. The molecule has 15 nitrogen and oxygen atoms in total. The molecule has 0 unspecified atom stereocenters. The lowest BCUT2D eigenvalue weighted by molar-refractivity contribution is 0.0937. The highest BCUT2D eigenvalue weighted by atomic mass is 16.5. The molecular formula is C34H45N7O8. The SMILES string of the molecule is CCCCOc1c(C(N)=O)ccc(C(=O)NCCN(CCNC(=O)c2cccc(=O)[nH]2)CCNC(=O)c2cccc(=O)[nH]2)c1OCCCC. The van der Waals surface area contributed by atoms with Gasteiger partial charge in [0, 0.05) is 51.4 Å². The summed E-state index contributed by atoms with van der Waals surface area (Å²) in [4.78, 5) is 80.8. The van der Waals surface area contributed by atoms with Crippen LogP contribution in [0.1, 0.15) is 81.2 Å². The molecule has 0 spiro atoms. The van der Waals surface area contributed by atoms with Crippen molar-refractivity contribution in [1.82, 2.24) is 30.8 Å². The minimum atomic E-state index is -0.703. The van der Waals surface area contributed by atoms with Gasteiger partial charge in [-0.25, -0.2) is 0 Å². The van der Waals surface area contributed by atoms with E-state index >= 15 is 0 Å². The third-order valence-corrected chi connectivity index (χ3v) is 7.28. The van der Waals surface area contributed by atoms with Crippen molar-refractivity contribution in [3.05, 3.63) is 91.8 Å². The van der Waals surface area contributed by atoms with Crippen LogP contribution < -0.4 is 42.3 Å². The number of carbonyl (C=O) groups excluding carboxylic acids is 4. The summed E-state index contributed by atoms with van der Waals surface area (Å²) < 4.78 is 11.9. The van der Waals surface area contributed by atoms with Crippen LogP contribution in [-0.4, -0.2) is 91.0 Å². The van der Waals surface area contributed by atoms with Gasteiger partial charge in [0.25, 0.3) is 23.6 Å². The second kappa shape index (κ2) is 20.0. The van der Waals surface area contributed by atoms with Gasteiger partial charge in [-0.05, 0) is 37.1 Å². The first-order valence-electron chi connectivity index (χ1n) is 16.3. The number of aromatic nitrogens is 2. The summed E-state index contributed by atoms with van der Waals surface area (Å²) in [6, 6.07) is 11.5. The van der Waals surface area contributed by atoms with Crippen molar-refractivity contribution in [2.75, 3.05) is 52.5 Å². The molecule has 2 aromatic heterocycles. The van der Waals surface area contributed by atoms with E-state index in [1.54, 1.807) is 0 Å². The highest BCUT2D eigenvalue weighted by Gasteiger charge is 2.24. The van der Waals surface area contributed by atoms with E-state index in [-0.39, 0.29) is 53.6 Å². The number of aromatic amines is 2. The Balaban J connectivity index is 1.70. The van der Waals surface area contributed by atoms with Crippen molar-refractivity contribution in [3.8, 4) is 11.5 Å². The van der Waals surface area contributed by atoms with Crippen LogP contribution in [0.4, 0.5) is 0 Å². The quantitative estimate of drug-likeness (QED) is 0.0896. The zero-order chi connectivity index (χ0) is 35.6. The molecule has 0 aliphatic rings. The number of unbranched alkanes of at least 4 members (excludes halogenated alkanes) is 2. The Morgan fingerprint density at radius 3 is 1.51 bits per heavy atom. The van der Waals surface area contributed by atoms with Gasteiger partial charge in [-0.15, -0.1) is 0 Å². The van der Waals surface area contributed by atoms with E-state index < -0.39 is 34.7 Å². The lowest BCUT2D eigenvalue weighted by Crippen LogP contribution is -2.43. The first-order valence-corrected chi connectivity index (χ1v) is 16.3. The van der Waals surface area contributed by atoms with Crippen LogP contribution in [0.2, 0.25) is 0 Å². The summed E-state index contributed by atoms with van der Waals surface area (Å²) in [5, 5.41) is 8.39. The fraction of sp³-hybridized carbons (Fsp3) is 0.412. The number of hydrogen-bond donors (Lipinski definition) is 6. The van der Waals surface area contributed by atoms with E-state index in [2.05, 4.69) is 25.9 Å². The summed E-state index contributed by atoms with van der Waals surface area (Å²) in [7, 11) is 0. The average Bonchev–Trinajstić information content (AvgIpc) is 3.08. The monoisotopic (exact) mass is 679 g/mol. The molecule has 0 aliphatic heterocycles. The molecule has 4 amide bonds. The Morgan fingerprint density at radius 2 is 1.08 bits per heavy atom. The molecule has 264 valence electrons. The van der Waals surface area contributed by atoms with Crippen LogP contribution >= 0.6 is 0 Å². The van der Waals surface area contributed by atoms with Crippen molar-refractivity contribution in [1.29, 1.82) is 0 Å². The summed E-state index contributed by atoms with van der Waals surface area (Å²) in [6.07, 6.45) is 3.16. The second-order valence-electron chi connectivity index (χ2n) is 11.1. The van der Waals surface area contributed by atoms with Crippen molar-refractivity contribution in [2.45, 2.75) is 39.5 Å². The Bertz CT molecular complexity index is 1620. The number of pyridine rings is 2. The van der Waals surface area contributed by atoms with Gasteiger partial charge in [0.05, 0.1) is 24.3 Å². The first kappa shape index (κ1) is 38.0. The minimum Gasteiger partial charge on any atom is -0.489 e. The lowest BCUT2D eigenvalue weighted by Gasteiger charge is -2.23. The van der Waals surface area contributed by atoms with Gasteiger partial charge in [0.1, 0.15) is 11.4 Å². The lowest BCUT2D eigenvalue weighted by atomic mass is 10.1. The van der Waals surface area contributed by atoms with Gasteiger partial charge in [-0.2, -0.15) is 0 Å². The number of carbonyl (C=O) groups is 4. The number of rotatable bonds is 21. The number of benzene rings is 1. The average molecular weight is 680 g/mol. The number of primary amides is 1. The molecule has 2 heterocycles. The number of nitrogens with two attached hydrogens (primary N) is 1. The minimum absolute atomic E-state index is 0.118. The third kappa shape index (κ3) is 12.3. The fourth-order valence-electron chi connectivity index (χ4n) is 4.62. The van der Waals surface area contributed by atoms with Crippen LogP contribution in [0.25, 0.3) is 0 Å². The second-order valence-corrected chi connectivity index (χ2v) is 11.1. The molecule has 0 atom stereocenters. The van der Waals surface area contributed by atoms with E-state index in [1.807, 2.05) is 18.7 Å².